The molecule has 2 fully saturated rings. The highest BCUT2D eigenvalue weighted by molar-refractivity contribution is 8.08. The lowest BCUT2D eigenvalue weighted by Gasteiger charge is -2.34. The lowest BCUT2D eigenvalue weighted by molar-refractivity contribution is -0.172. The number of benzene rings is 4. The van der Waals surface area contributed by atoms with Crippen LogP contribution in [-0.2, 0) is 82.4 Å². The summed E-state index contributed by atoms with van der Waals surface area (Å²) in [5, 5.41) is 20.0. The molecular formula is C71H73F3N8O17S3. The summed E-state index contributed by atoms with van der Waals surface area (Å²) in [5.41, 5.74) is -0.756. The quantitative estimate of drug-likeness (QED) is 0.0244. The second-order valence-corrected chi connectivity index (χ2v) is 28.5. The highest BCUT2D eigenvalue weighted by atomic mass is 32.2. The molecule has 538 valence electrons. The van der Waals surface area contributed by atoms with Crippen LogP contribution in [0.15, 0.2) is 102 Å². The first kappa shape index (κ1) is 73.1. The standard InChI is InChI=1S/C71H73F3N8O17S3/c1-6-71(92)48-33-53-56-46(35-81(53)65(87)47(48)36-99-69(71)91)45-15-30-100-59-55(45)52(76-56)34-49(72)57(59)77-62(84)39(4)75-68(90)70(5,38(2)3)78-54(83)37-97-27-26-95-24-25-96-28-29-98-58-50(73)31-42(32-51(58)74)82-66(88)60(101-43-11-7-40(8-12-43)63(85)79-16-20-93-21-17-79)61(67(82)89)102-44-13-9-41(10-14-44)64(86)80-18-22-94-23-19-80/h7-14,31-34,38-39,92H,6,15-30,35-37H2,1-5H3,(H,75,90)(H,77,84)(H,78,83)/t39-,70?,71-/m0/s1. The lowest BCUT2D eigenvalue weighted by Crippen LogP contribution is -2.62. The fourth-order valence-electron chi connectivity index (χ4n) is 12.5. The van der Waals surface area contributed by atoms with E-state index in [1.165, 1.54) is 36.2 Å². The number of halogens is 3. The fourth-order valence-corrected chi connectivity index (χ4v) is 15.6. The van der Waals surface area contributed by atoms with Gasteiger partial charge in [-0.2, -0.15) is 0 Å². The van der Waals surface area contributed by atoms with Gasteiger partial charge in [0.05, 0.1) is 110 Å². The number of ether oxygens (including phenoxy) is 7. The van der Waals surface area contributed by atoms with Gasteiger partial charge in [0, 0.05) is 92.5 Å². The van der Waals surface area contributed by atoms with Gasteiger partial charge in [-0.25, -0.2) is 27.8 Å². The van der Waals surface area contributed by atoms with E-state index in [2.05, 4.69) is 16.0 Å². The molecule has 0 radical (unpaired) electrons. The number of nitrogens with one attached hydrogen (secondary N) is 3. The molecule has 31 heteroatoms. The summed E-state index contributed by atoms with van der Waals surface area (Å²) >= 11 is 3.22. The first-order valence-electron chi connectivity index (χ1n) is 33.2. The van der Waals surface area contributed by atoms with Crippen LogP contribution in [0.4, 0.5) is 24.5 Å². The van der Waals surface area contributed by atoms with Crippen molar-refractivity contribution in [3.8, 4) is 17.1 Å². The first-order chi connectivity index (χ1) is 49.0. The normalized spacial score (nSPS) is 18.0. The van der Waals surface area contributed by atoms with Crippen LogP contribution < -0.4 is 31.1 Å². The van der Waals surface area contributed by atoms with Crippen LogP contribution in [0.25, 0.3) is 22.3 Å². The van der Waals surface area contributed by atoms with E-state index in [0.717, 1.165) is 46.8 Å². The minimum Gasteiger partial charge on any atom is -0.485 e. The summed E-state index contributed by atoms with van der Waals surface area (Å²) in [6.07, 6.45) is 0.501. The van der Waals surface area contributed by atoms with E-state index in [0.29, 0.717) is 112 Å². The van der Waals surface area contributed by atoms with Gasteiger partial charge in [0.25, 0.3) is 29.2 Å². The van der Waals surface area contributed by atoms with Crippen molar-refractivity contribution in [3.63, 3.8) is 0 Å². The summed E-state index contributed by atoms with van der Waals surface area (Å²) in [6.45, 7) is 10.4. The van der Waals surface area contributed by atoms with Crippen molar-refractivity contribution in [1.29, 1.82) is 0 Å². The van der Waals surface area contributed by atoms with E-state index in [4.69, 9.17) is 38.1 Å². The maximum Gasteiger partial charge on any atom is 0.343 e. The molecule has 2 aromatic heterocycles. The van der Waals surface area contributed by atoms with E-state index < -0.39 is 99.7 Å². The Morgan fingerprint density at radius 2 is 1.29 bits per heavy atom. The molecule has 6 aliphatic rings. The van der Waals surface area contributed by atoms with Gasteiger partial charge in [0.2, 0.25) is 17.7 Å². The fraction of sp³-hybridized carbons (Fsp3) is 0.408. The number of aromatic nitrogens is 2. The molecular weight excluding hydrogens is 1390 g/mol. The molecule has 102 heavy (non-hydrogen) atoms. The van der Waals surface area contributed by atoms with Gasteiger partial charge >= 0.3 is 5.97 Å². The number of fused-ring (bicyclic) bond motifs is 5. The minimum atomic E-state index is -2.03. The number of carbonyl (C=O) groups is 8. The number of hydrogen-bond donors (Lipinski definition) is 4. The number of nitrogens with zero attached hydrogens (tertiary/aromatic N) is 5. The van der Waals surface area contributed by atoms with Gasteiger partial charge in [0.1, 0.15) is 37.2 Å². The number of hydrogen-bond acceptors (Lipinski definition) is 21. The molecule has 0 bridgehead atoms. The largest absolute Gasteiger partial charge is 0.485 e. The maximum atomic E-state index is 16.3. The molecule has 25 nitrogen and oxygen atoms in total. The predicted octanol–water partition coefficient (Wildman–Crippen LogP) is 6.86. The van der Waals surface area contributed by atoms with E-state index in [-0.39, 0.29) is 103 Å². The molecule has 6 aromatic rings. The van der Waals surface area contributed by atoms with Crippen molar-refractivity contribution in [2.75, 3.05) is 115 Å². The van der Waals surface area contributed by atoms with Crippen molar-refractivity contribution in [1.82, 2.24) is 30.0 Å². The van der Waals surface area contributed by atoms with Crippen molar-refractivity contribution in [2.24, 2.45) is 5.92 Å². The second kappa shape index (κ2) is 31.1. The highest BCUT2D eigenvalue weighted by Gasteiger charge is 2.47. The number of aliphatic hydroxyl groups is 1. The maximum absolute atomic E-state index is 16.3. The number of morpholine rings is 2. The molecule has 3 atom stereocenters. The number of rotatable bonds is 26. The first-order valence-corrected chi connectivity index (χ1v) is 35.8. The third-order valence-electron chi connectivity index (χ3n) is 18.5. The number of anilines is 2. The highest BCUT2D eigenvalue weighted by Crippen LogP contribution is 2.49. The zero-order chi connectivity index (χ0) is 72.3. The van der Waals surface area contributed by atoms with E-state index in [1.807, 2.05) is 0 Å². The van der Waals surface area contributed by atoms with Crippen molar-refractivity contribution in [3.05, 3.63) is 144 Å². The number of carbonyl (C=O) groups excluding carboxylic acids is 8. The van der Waals surface area contributed by atoms with Crippen LogP contribution in [0.2, 0.25) is 0 Å². The van der Waals surface area contributed by atoms with Gasteiger partial charge in [-0.3, -0.25) is 38.4 Å². The third kappa shape index (κ3) is 14.8. The zero-order valence-corrected chi connectivity index (χ0v) is 58.7. The van der Waals surface area contributed by atoms with Gasteiger partial charge in [-0.05, 0) is 92.8 Å². The third-order valence-corrected chi connectivity index (χ3v) is 22.0. The Balaban J connectivity index is 0.587. The molecule has 6 aliphatic heterocycles. The Labute approximate surface area is 595 Å². The molecule has 1 unspecified atom stereocenters. The number of pyridine rings is 2. The van der Waals surface area contributed by atoms with Crippen LogP contribution in [0.1, 0.15) is 84.0 Å². The Hall–Kier alpha value is -8.66. The summed E-state index contributed by atoms with van der Waals surface area (Å²) in [4.78, 5) is 133. The van der Waals surface area contributed by atoms with E-state index in [9.17, 15) is 48.3 Å². The van der Waals surface area contributed by atoms with Crippen molar-refractivity contribution in [2.45, 2.75) is 92.5 Å². The number of imide groups is 1. The van der Waals surface area contributed by atoms with Crippen molar-refractivity contribution >= 4 is 105 Å². The van der Waals surface area contributed by atoms with E-state index in [1.54, 1.807) is 85.2 Å². The molecule has 8 heterocycles. The molecule has 7 amide bonds. The number of amides is 7. The Bertz CT molecular complexity index is 4340. The summed E-state index contributed by atoms with van der Waals surface area (Å²) in [7, 11) is 0. The summed E-state index contributed by atoms with van der Waals surface area (Å²) in [5.74, 6) is -8.99. The molecule has 4 aromatic carbocycles. The predicted molar refractivity (Wildman–Crippen MR) is 368 cm³/mol. The number of thioether (sulfide) groups is 3. The molecule has 0 spiro atoms. The lowest BCUT2D eigenvalue weighted by atomic mass is 9.86. The van der Waals surface area contributed by atoms with Crippen LogP contribution in [-0.4, -0.2) is 188 Å². The minimum absolute atomic E-state index is 0.0266. The van der Waals surface area contributed by atoms with Crippen LogP contribution in [0.5, 0.6) is 5.75 Å². The van der Waals surface area contributed by atoms with Crippen LogP contribution >= 0.6 is 35.3 Å². The summed E-state index contributed by atoms with van der Waals surface area (Å²) in [6, 6.07) is 16.2. The number of aryl methyl sites for hydroxylation is 1. The molecule has 0 aliphatic carbocycles. The van der Waals surface area contributed by atoms with E-state index >= 15 is 13.2 Å². The topological polar surface area (TPSA) is 302 Å². The average Bonchev–Trinajstić information content (AvgIpc) is 1.51. The van der Waals surface area contributed by atoms with Crippen LogP contribution in [0.3, 0.4) is 0 Å². The Morgan fingerprint density at radius 3 is 1.85 bits per heavy atom. The van der Waals surface area contributed by atoms with Crippen molar-refractivity contribution < 1.29 is 89.8 Å². The molecule has 2 saturated heterocycles. The Kier molecular flexibility index (Phi) is 22.3. The van der Waals surface area contributed by atoms with Gasteiger partial charge in [-0.1, -0.05) is 44.3 Å². The SMILES string of the molecule is CC[C@@]1(O)C(=O)OCc2c1cc1n(c2=O)Cc2c-1nc1cc(F)c(NC(=O)[C@H](C)NC(=O)C(C)(NC(=O)COCCOCCOCCOc3c(F)cc(N4C(=O)C(Sc5ccc(C(=O)N6CCOCC6)cc5)=C(Sc5ccc(C(=O)N6CCOCC6)cc5)C4=O)cc3F)C(C)C)c3c1c2CCS3. The average molecular weight is 1460 g/mol. The molecule has 12 rings (SSSR count). The molecule has 4 N–H and O–H groups in total. The second-order valence-electron chi connectivity index (χ2n) is 25.2. The molecule has 0 saturated carbocycles. The number of esters is 1. The van der Waals surface area contributed by atoms with Crippen LogP contribution in [0, 0.1) is 23.4 Å². The zero-order valence-electron chi connectivity index (χ0n) is 56.3. The Morgan fingerprint density at radius 1 is 0.735 bits per heavy atom. The van der Waals surface area contributed by atoms with Gasteiger partial charge in [0.15, 0.2) is 23.0 Å². The summed E-state index contributed by atoms with van der Waals surface area (Å²) < 4.78 is 87.3. The van der Waals surface area contributed by atoms with Gasteiger partial charge < -0.3 is 68.6 Å². The smallest absolute Gasteiger partial charge is 0.343 e. The van der Waals surface area contributed by atoms with Gasteiger partial charge in [-0.15, -0.1) is 11.8 Å². The monoisotopic (exact) mass is 1460 g/mol. The number of cyclic esters (lactones) is 1.